The highest BCUT2D eigenvalue weighted by molar-refractivity contribution is 5.13. The van der Waals surface area contributed by atoms with Gasteiger partial charge in [-0.3, -0.25) is 0 Å². The van der Waals surface area contributed by atoms with Crippen LogP contribution < -0.4 is 0 Å². The summed E-state index contributed by atoms with van der Waals surface area (Å²) in [4.78, 5) is 0. The third-order valence-corrected chi connectivity index (χ3v) is 3.74. The van der Waals surface area contributed by atoms with Crippen molar-refractivity contribution in [3.05, 3.63) is 35.9 Å². The smallest absolute Gasteiger partial charge is 0.192 e. The Morgan fingerprint density at radius 1 is 1.26 bits per heavy atom. The number of rotatable bonds is 4. The molecule has 0 unspecified atom stereocenters. The molecule has 0 spiro atoms. The first kappa shape index (κ1) is 13.1. The minimum Gasteiger partial charge on any atom is -0.373 e. The minimum atomic E-state index is -0.546. The van der Waals surface area contributed by atoms with Crippen molar-refractivity contribution in [2.24, 2.45) is 0 Å². The van der Waals surface area contributed by atoms with Crippen LogP contribution in [0, 0.1) is 0 Å². The van der Waals surface area contributed by atoms with E-state index in [4.69, 9.17) is 18.9 Å². The standard InChI is InChI=1S/C15H20O4/c1-2-15-11-16-9-13(14(19-15)10-18-15)17-8-12-6-4-3-5-7-12/h3-7,13-14H,2,8-11H2,1H3/t13-,14+,15+/m1/s1. The molecule has 2 bridgehead atoms. The van der Waals surface area contributed by atoms with E-state index >= 15 is 0 Å². The fourth-order valence-electron chi connectivity index (χ4n) is 2.50. The molecule has 0 aromatic heterocycles. The van der Waals surface area contributed by atoms with E-state index in [1.54, 1.807) is 0 Å². The van der Waals surface area contributed by atoms with Crippen molar-refractivity contribution in [3.8, 4) is 0 Å². The number of benzene rings is 1. The third-order valence-electron chi connectivity index (χ3n) is 3.74. The first-order chi connectivity index (χ1) is 9.31. The lowest BCUT2D eigenvalue weighted by molar-refractivity contribution is -0.191. The lowest BCUT2D eigenvalue weighted by atomic mass is 10.2. The molecule has 0 radical (unpaired) electrons. The quantitative estimate of drug-likeness (QED) is 0.834. The lowest BCUT2D eigenvalue weighted by Crippen LogP contribution is -2.34. The molecule has 0 N–H and O–H groups in total. The molecule has 104 valence electrons. The van der Waals surface area contributed by atoms with Gasteiger partial charge in [-0.1, -0.05) is 37.3 Å². The zero-order valence-corrected chi connectivity index (χ0v) is 11.2. The topological polar surface area (TPSA) is 36.9 Å². The zero-order valence-electron chi connectivity index (χ0n) is 11.2. The average molecular weight is 264 g/mol. The summed E-state index contributed by atoms with van der Waals surface area (Å²) in [6.45, 7) is 4.29. The summed E-state index contributed by atoms with van der Waals surface area (Å²) >= 11 is 0. The Morgan fingerprint density at radius 2 is 2.11 bits per heavy atom. The van der Waals surface area contributed by atoms with Gasteiger partial charge in [-0.05, 0) is 5.56 Å². The molecule has 1 aromatic carbocycles. The first-order valence-corrected chi connectivity index (χ1v) is 6.86. The highest BCUT2D eigenvalue weighted by Crippen LogP contribution is 2.32. The van der Waals surface area contributed by atoms with Gasteiger partial charge >= 0.3 is 0 Å². The van der Waals surface area contributed by atoms with Gasteiger partial charge in [0.15, 0.2) is 5.79 Å². The van der Waals surface area contributed by atoms with Crippen LogP contribution in [-0.4, -0.2) is 37.8 Å². The molecular weight excluding hydrogens is 244 g/mol. The average Bonchev–Trinajstić information content (AvgIpc) is 2.78. The number of hydrogen-bond donors (Lipinski definition) is 0. The molecule has 0 amide bonds. The fraction of sp³-hybridized carbons (Fsp3) is 0.600. The van der Waals surface area contributed by atoms with Crippen molar-refractivity contribution in [3.63, 3.8) is 0 Å². The van der Waals surface area contributed by atoms with Crippen LogP contribution in [0.2, 0.25) is 0 Å². The largest absolute Gasteiger partial charge is 0.373 e. The molecule has 0 saturated carbocycles. The van der Waals surface area contributed by atoms with E-state index in [0.29, 0.717) is 26.4 Å². The number of hydrogen-bond acceptors (Lipinski definition) is 4. The van der Waals surface area contributed by atoms with Crippen LogP contribution in [0.4, 0.5) is 0 Å². The van der Waals surface area contributed by atoms with Gasteiger partial charge in [-0.15, -0.1) is 0 Å². The van der Waals surface area contributed by atoms with Gasteiger partial charge < -0.3 is 18.9 Å². The maximum absolute atomic E-state index is 5.99. The SMILES string of the molecule is CC[C@]12COC[C@@H](OCc3ccccc3)[C@H](CO1)O2. The monoisotopic (exact) mass is 264 g/mol. The second-order valence-electron chi connectivity index (χ2n) is 5.08. The third kappa shape index (κ3) is 2.82. The Balaban J connectivity index is 1.60. The summed E-state index contributed by atoms with van der Waals surface area (Å²) in [7, 11) is 0. The van der Waals surface area contributed by atoms with E-state index in [0.717, 1.165) is 12.0 Å². The maximum Gasteiger partial charge on any atom is 0.192 e. The zero-order chi connectivity index (χ0) is 13.1. The summed E-state index contributed by atoms with van der Waals surface area (Å²) in [5.41, 5.74) is 1.16. The molecule has 2 aliphatic heterocycles. The second-order valence-corrected chi connectivity index (χ2v) is 5.08. The molecule has 4 heteroatoms. The van der Waals surface area contributed by atoms with E-state index in [1.807, 2.05) is 18.2 Å². The van der Waals surface area contributed by atoms with Gasteiger partial charge in [-0.25, -0.2) is 0 Å². The molecule has 2 saturated heterocycles. The fourth-order valence-corrected chi connectivity index (χ4v) is 2.50. The maximum atomic E-state index is 5.99. The Bertz CT molecular complexity index is 408. The molecule has 19 heavy (non-hydrogen) atoms. The van der Waals surface area contributed by atoms with Gasteiger partial charge in [0.25, 0.3) is 0 Å². The summed E-state index contributed by atoms with van der Waals surface area (Å²) < 4.78 is 23.3. The summed E-state index contributed by atoms with van der Waals surface area (Å²) in [6.07, 6.45) is 0.719. The van der Waals surface area contributed by atoms with Crippen LogP contribution >= 0.6 is 0 Å². The second kappa shape index (κ2) is 5.59. The van der Waals surface area contributed by atoms with E-state index in [2.05, 4.69) is 19.1 Å². The van der Waals surface area contributed by atoms with Crippen LogP contribution in [0.1, 0.15) is 18.9 Å². The Kier molecular flexibility index (Phi) is 3.84. The lowest BCUT2D eigenvalue weighted by Gasteiger charge is -2.23. The van der Waals surface area contributed by atoms with Crippen molar-refractivity contribution in [2.75, 3.05) is 19.8 Å². The van der Waals surface area contributed by atoms with Crippen LogP contribution in [0.3, 0.4) is 0 Å². The minimum absolute atomic E-state index is 0.0221. The van der Waals surface area contributed by atoms with E-state index in [1.165, 1.54) is 0 Å². The summed E-state index contributed by atoms with van der Waals surface area (Å²) in [6, 6.07) is 10.1. The highest BCUT2D eigenvalue weighted by atomic mass is 16.8. The first-order valence-electron chi connectivity index (χ1n) is 6.86. The van der Waals surface area contributed by atoms with Crippen molar-refractivity contribution < 1.29 is 18.9 Å². The number of ether oxygens (including phenoxy) is 4. The van der Waals surface area contributed by atoms with E-state index in [9.17, 15) is 0 Å². The predicted molar refractivity (Wildman–Crippen MR) is 69.7 cm³/mol. The van der Waals surface area contributed by atoms with Crippen LogP contribution in [0.25, 0.3) is 0 Å². The van der Waals surface area contributed by atoms with Crippen LogP contribution in [0.15, 0.2) is 30.3 Å². The van der Waals surface area contributed by atoms with Gasteiger partial charge in [-0.2, -0.15) is 0 Å². The molecular formula is C15H20O4. The van der Waals surface area contributed by atoms with Crippen molar-refractivity contribution in [2.45, 2.75) is 37.9 Å². The molecule has 0 aliphatic carbocycles. The normalized spacial score (nSPS) is 34.2. The van der Waals surface area contributed by atoms with Crippen LogP contribution in [0.5, 0.6) is 0 Å². The van der Waals surface area contributed by atoms with E-state index in [-0.39, 0.29) is 12.2 Å². The summed E-state index contributed by atoms with van der Waals surface area (Å²) in [5.74, 6) is -0.546. The molecule has 4 nitrogen and oxygen atoms in total. The van der Waals surface area contributed by atoms with Gasteiger partial charge in [0.2, 0.25) is 0 Å². The Morgan fingerprint density at radius 3 is 2.89 bits per heavy atom. The summed E-state index contributed by atoms with van der Waals surface area (Å²) in [5, 5.41) is 0. The van der Waals surface area contributed by atoms with E-state index < -0.39 is 5.79 Å². The molecule has 2 fully saturated rings. The molecule has 1 aromatic rings. The molecule has 3 atom stereocenters. The van der Waals surface area contributed by atoms with Crippen molar-refractivity contribution in [1.82, 2.24) is 0 Å². The van der Waals surface area contributed by atoms with Crippen molar-refractivity contribution >= 4 is 0 Å². The Labute approximate surface area is 113 Å². The number of fused-ring (bicyclic) bond motifs is 2. The predicted octanol–water partition coefficient (Wildman–Crippen LogP) is 2.12. The van der Waals surface area contributed by atoms with Gasteiger partial charge in [0.1, 0.15) is 18.8 Å². The highest BCUT2D eigenvalue weighted by Gasteiger charge is 2.46. The van der Waals surface area contributed by atoms with Gasteiger partial charge in [0, 0.05) is 6.42 Å². The molecule has 3 rings (SSSR count). The molecule has 2 aliphatic rings. The van der Waals surface area contributed by atoms with Crippen molar-refractivity contribution in [1.29, 1.82) is 0 Å². The van der Waals surface area contributed by atoms with Crippen LogP contribution in [-0.2, 0) is 25.6 Å². The Hall–Kier alpha value is -0.940. The molecule has 2 heterocycles. The van der Waals surface area contributed by atoms with Gasteiger partial charge in [0.05, 0.1) is 19.8 Å².